The zero-order chi connectivity index (χ0) is 12.1. The van der Waals surface area contributed by atoms with Crippen LogP contribution in [0.5, 0.6) is 0 Å². The fraction of sp³-hybridized carbons (Fsp3) is 0.727. The number of nitrogens with one attached hydrogen (secondary N) is 1. The summed E-state index contributed by atoms with van der Waals surface area (Å²) in [5, 5.41) is 10.9. The Kier molecular flexibility index (Phi) is 4.30. The molecule has 1 aromatic rings. The number of hydrogen-bond donors (Lipinski definition) is 2. The van der Waals surface area contributed by atoms with Crippen LogP contribution in [0.4, 0.5) is 5.13 Å². The number of nitrogen functional groups attached to an aromatic ring is 1. The molecule has 0 unspecified atom stereocenters. The Morgan fingerprint density at radius 2 is 2.18 bits per heavy atom. The van der Waals surface area contributed by atoms with Crippen LogP contribution in [-0.4, -0.2) is 22.6 Å². The van der Waals surface area contributed by atoms with Gasteiger partial charge in [0.1, 0.15) is 0 Å². The molecule has 94 valence electrons. The molecule has 1 aromatic heterocycles. The van der Waals surface area contributed by atoms with E-state index in [0.717, 1.165) is 30.2 Å². The van der Waals surface area contributed by atoms with Gasteiger partial charge >= 0.3 is 0 Å². The molecular weight excluding hydrogens is 236 g/mol. The van der Waals surface area contributed by atoms with Crippen LogP contribution in [0.25, 0.3) is 0 Å². The van der Waals surface area contributed by atoms with Gasteiger partial charge in [0.15, 0.2) is 0 Å². The van der Waals surface area contributed by atoms with Crippen molar-refractivity contribution in [1.29, 1.82) is 0 Å². The molecule has 1 aliphatic rings. The highest BCUT2D eigenvalue weighted by atomic mass is 32.1. The van der Waals surface area contributed by atoms with Gasteiger partial charge in [0.2, 0.25) is 10.1 Å². The van der Waals surface area contributed by atoms with Gasteiger partial charge in [-0.25, -0.2) is 0 Å². The maximum atomic E-state index is 11.6. The molecule has 6 heteroatoms. The Balaban J connectivity index is 1.63. The van der Waals surface area contributed by atoms with Crippen LogP contribution in [0, 0.1) is 5.92 Å². The number of nitrogens with two attached hydrogens (primary N) is 1. The first-order chi connectivity index (χ1) is 8.25. The van der Waals surface area contributed by atoms with E-state index >= 15 is 0 Å². The monoisotopic (exact) mass is 254 g/mol. The van der Waals surface area contributed by atoms with Crippen molar-refractivity contribution >= 4 is 22.4 Å². The van der Waals surface area contributed by atoms with Gasteiger partial charge in [0.25, 0.3) is 5.91 Å². The molecule has 3 N–H and O–H groups in total. The summed E-state index contributed by atoms with van der Waals surface area (Å²) in [6, 6.07) is 0. The highest BCUT2D eigenvalue weighted by Crippen LogP contribution is 2.28. The van der Waals surface area contributed by atoms with Crippen LogP contribution in [0.3, 0.4) is 0 Å². The van der Waals surface area contributed by atoms with Gasteiger partial charge in [-0.15, -0.1) is 10.2 Å². The van der Waals surface area contributed by atoms with Crippen molar-refractivity contribution < 1.29 is 4.79 Å². The summed E-state index contributed by atoms with van der Waals surface area (Å²) in [5.41, 5.74) is 5.42. The van der Waals surface area contributed by atoms with E-state index in [-0.39, 0.29) is 5.91 Å². The molecule has 0 saturated heterocycles. The Morgan fingerprint density at radius 3 is 2.82 bits per heavy atom. The number of hydrogen-bond acceptors (Lipinski definition) is 5. The van der Waals surface area contributed by atoms with E-state index in [2.05, 4.69) is 15.5 Å². The first-order valence-corrected chi connectivity index (χ1v) is 6.94. The molecular formula is C11H18N4OS. The second kappa shape index (κ2) is 5.95. The van der Waals surface area contributed by atoms with E-state index < -0.39 is 0 Å². The molecule has 1 aliphatic carbocycles. The predicted octanol–water partition coefficient (Wildman–Crippen LogP) is 1.82. The third-order valence-corrected chi connectivity index (χ3v) is 3.94. The molecule has 2 rings (SSSR count). The Hall–Kier alpha value is -1.17. The van der Waals surface area contributed by atoms with E-state index in [4.69, 9.17) is 5.73 Å². The molecule has 1 fully saturated rings. The van der Waals surface area contributed by atoms with Crippen molar-refractivity contribution in [2.45, 2.75) is 38.5 Å². The second-order valence-corrected chi connectivity index (χ2v) is 5.50. The Morgan fingerprint density at radius 1 is 1.41 bits per heavy atom. The van der Waals surface area contributed by atoms with E-state index in [1.807, 2.05) is 0 Å². The predicted molar refractivity (Wildman–Crippen MR) is 67.8 cm³/mol. The van der Waals surface area contributed by atoms with Gasteiger partial charge in [-0.05, 0) is 18.8 Å². The van der Waals surface area contributed by atoms with Crippen molar-refractivity contribution in [2.24, 2.45) is 5.92 Å². The largest absolute Gasteiger partial charge is 0.374 e. The molecule has 1 amide bonds. The molecule has 0 radical (unpaired) electrons. The molecule has 0 spiro atoms. The minimum Gasteiger partial charge on any atom is -0.374 e. The lowest BCUT2D eigenvalue weighted by Crippen LogP contribution is -2.24. The Bertz CT molecular complexity index is 373. The van der Waals surface area contributed by atoms with Gasteiger partial charge in [-0.1, -0.05) is 37.0 Å². The maximum absolute atomic E-state index is 11.6. The average molecular weight is 254 g/mol. The summed E-state index contributed by atoms with van der Waals surface area (Å²) < 4.78 is 0. The smallest absolute Gasteiger partial charge is 0.282 e. The van der Waals surface area contributed by atoms with Gasteiger partial charge in [0.05, 0.1) is 0 Å². The summed E-state index contributed by atoms with van der Waals surface area (Å²) in [4.78, 5) is 11.6. The van der Waals surface area contributed by atoms with Crippen molar-refractivity contribution in [1.82, 2.24) is 15.5 Å². The first-order valence-electron chi connectivity index (χ1n) is 6.13. The first kappa shape index (κ1) is 12.3. The number of amides is 1. The number of carbonyl (C=O) groups is 1. The Labute approximate surface area is 105 Å². The summed E-state index contributed by atoms with van der Waals surface area (Å²) in [7, 11) is 0. The SMILES string of the molecule is Nc1nnc(C(=O)NCCCC2CCCC2)s1. The fourth-order valence-electron chi connectivity index (χ4n) is 2.29. The van der Waals surface area contributed by atoms with Gasteiger partial charge in [0, 0.05) is 6.54 Å². The molecule has 0 bridgehead atoms. The number of anilines is 1. The van der Waals surface area contributed by atoms with E-state index in [9.17, 15) is 4.79 Å². The van der Waals surface area contributed by atoms with Crippen molar-refractivity contribution in [3.05, 3.63) is 5.01 Å². The minimum atomic E-state index is -0.161. The van der Waals surface area contributed by atoms with Crippen LogP contribution in [0.1, 0.15) is 48.3 Å². The molecule has 1 saturated carbocycles. The van der Waals surface area contributed by atoms with Crippen LogP contribution in [0.2, 0.25) is 0 Å². The van der Waals surface area contributed by atoms with Crippen LogP contribution in [0.15, 0.2) is 0 Å². The zero-order valence-corrected chi connectivity index (χ0v) is 10.6. The average Bonchev–Trinajstić information content (AvgIpc) is 2.95. The highest BCUT2D eigenvalue weighted by Gasteiger charge is 2.15. The van der Waals surface area contributed by atoms with Gasteiger partial charge in [-0.2, -0.15) is 0 Å². The van der Waals surface area contributed by atoms with Crippen molar-refractivity contribution in [3.63, 3.8) is 0 Å². The van der Waals surface area contributed by atoms with Gasteiger partial charge in [-0.3, -0.25) is 4.79 Å². The molecule has 5 nitrogen and oxygen atoms in total. The van der Waals surface area contributed by atoms with Crippen molar-refractivity contribution in [3.8, 4) is 0 Å². The third-order valence-electron chi connectivity index (χ3n) is 3.18. The van der Waals surface area contributed by atoms with Crippen LogP contribution >= 0.6 is 11.3 Å². The van der Waals surface area contributed by atoms with Crippen LogP contribution < -0.4 is 11.1 Å². The molecule has 17 heavy (non-hydrogen) atoms. The van der Waals surface area contributed by atoms with Crippen LogP contribution in [-0.2, 0) is 0 Å². The van der Waals surface area contributed by atoms with Gasteiger partial charge < -0.3 is 11.1 Å². The number of aromatic nitrogens is 2. The van der Waals surface area contributed by atoms with E-state index in [1.54, 1.807) is 0 Å². The number of nitrogens with zero attached hydrogens (tertiary/aromatic N) is 2. The zero-order valence-electron chi connectivity index (χ0n) is 9.82. The quantitative estimate of drug-likeness (QED) is 0.785. The highest BCUT2D eigenvalue weighted by molar-refractivity contribution is 7.16. The molecule has 0 atom stereocenters. The summed E-state index contributed by atoms with van der Waals surface area (Å²) >= 11 is 1.12. The summed E-state index contributed by atoms with van der Waals surface area (Å²) in [6.07, 6.45) is 7.74. The fourth-order valence-corrected chi connectivity index (χ4v) is 2.82. The lowest BCUT2D eigenvalue weighted by molar-refractivity contribution is 0.0951. The molecule has 1 heterocycles. The third kappa shape index (κ3) is 3.66. The lowest BCUT2D eigenvalue weighted by Gasteiger charge is -2.08. The number of carbonyl (C=O) groups excluding carboxylic acids is 1. The topological polar surface area (TPSA) is 80.9 Å². The van der Waals surface area contributed by atoms with E-state index in [0.29, 0.717) is 10.1 Å². The molecule has 0 aliphatic heterocycles. The summed E-state index contributed by atoms with van der Waals surface area (Å²) in [6.45, 7) is 0.717. The van der Waals surface area contributed by atoms with Crippen molar-refractivity contribution in [2.75, 3.05) is 12.3 Å². The van der Waals surface area contributed by atoms with E-state index in [1.165, 1.54) is 32.1 Å². The summed E-state index contributed by atoms with van der Waals surface area (Å²) in [5.74, 6) is 0.717. The maximum Gasteiger partial charge on any atom is 0.282 e. The minimum absolute atomic E-state index is 0.161. The lowest BCUT2D eigenvalue weighted by atomic mass is 10.0. The molecule has 0 aromatic carbocycles. The second-order valence-electron chi connectivity index (χ2n) is 4.49. The standard InChI is InChI=1S/C11H18N4OS/c12-11-15-14-10(17-11)9(16)13-7-3-6-8-4-1-2-5-8/h8H,1-7H2,(H2,12,15)(H,13,16). The number of rotatable bonds is 5. The normalized spacial score (nSPS) is 16.2.